The van der Waals surface area contributed by atoms with Crippen molar-refractivity contribution in [1.82, 2.24) is 0 Å². The Labute approximate surface area is 314 Å². The topological polar surface area (TPSA) is 99.1 Å². The van der Waals surface area contributed by atoms with Gasteiger partial charge in [0.1, 0.15) is 6.61 Å². The largest absolute Gasteiger partial charge is 0.477 e. The Balaban J connectivity index is 4.31. The molecule has 0 aliphatic rings. The van der Waals surface area contributed by atoms with Crippen LogP contribution in [0.5, 0.6) is 0 Å². The number of carboxylic acids is 1. The second-order valence-corrected chi connectivity index (χ2v) is 15.6. The quantitative estimate of drug-likeness (QED) is 0.0293. The summed E-state index contributed by atoms with van der Waals surface area (Å²) in [7, 11) is 5.52. The SMILES string of the molecule is CCCC/C=C\CCCCCCCC(=O)OC(COCCC(C(=O)O)[N+](C)(C)C)COC(=O)CCCCCCCCCCCCCCCCCC. The maximum absolute atomic E-state index is 12.7. The standard InChI is InChI=1S/C43H81NO7/c1-6-8-10-12-14-16-18-19-20-21-22-24-25-27-29-31-33-41(45)50-38-39(37-49-36-35-40(43(47)48)44(3,4)5)51-42(46)34-32-30-28-26-23-17-15-13-11-9-7-2/h13,15,39-40H,6-12,14,16-38H2,1-5H3/p+1/b15-13-. The molecular weight excluding hydrogens is 642 g/mol. The van der Waals surface area contributed by atoms with Gasteiger partial charge in [0.2, 0.25) is 0 Å². The molecule has 0 saturated carbocycles. The summed E-state index contributed by atoms with van der Waals surface area (Å²) in [6, 6.07) is -0.611. The third kappa shape index (κ3) is 33.6. The molecule has 51 heavy (non-hydrogen) atoms. The first-order chi connectivity index (χ1) is 24.6. The molecule has 0 rings (SSSR count). The van der Waals surface area contributed by atoms with Crippen LogP contribution in [0.3, 0.4) is 0 Å². The molecule has 0 bridgehead atoms. The van der Waals surface area contributed by atoms with Crippen molar-refractivity contribution in [2.75, 3.05) is 41.0 Å². The van der Waals surface area contributed by atoms with Crippen molar-refractivity contribution in [3.8, 4) is 0 Å². The van der Waals surface area contributed by atoms with Crippen LogP contribution in [0.2, 0.25) is 0 Å². The van der Waals surface area contributed by atoms with E-state index in [1.165, 1.54) is 109 Å². The minimum absolute atomic E-state index is 0.0487. The van der Waals surface area contributed by atoms with Crippen molar-refractivity contribution in [2.24, 2.45) is 0 Å². The van der Waals surface area contributed by atoms with Gasteiger partial charge in [-0.25, -0.2) is 4.79 Å². The van der Waals surface area contributed by atoms with Crippen LogP contribution in [0, 0.1) is 0 Å². The van der Waals surface area contributed by atoms with Crippen molar-refractivity contribution in [1.29, 1.82) is 0 Å². The highest BCUT2D eigenvalue weighted by atomic mass is 16.6. The zero-order chi connectivity index (χ0) is 37.8. The summed E-state index contributed by atoms with van der Waals surface area (Å²) in [5.74, 6) is -1.47. The van der Waals surface area contributed by atoms with Gasteiger partial charge in [-0.15, -0.1) is 0 Å². The van der Waals surface area contributed by atoms with E-state index in [-0.39, 0.29) is 36.2 Å². The summed E-state index contributed by atoms with van der Waals surface area (Å²) in [4.78, 5) is 36.8. The van der Waals surface area contributed by atoms with Gasteiger partial charge < -0.3 is 23.8 Å². The molecule has 0 saturated heterocycles. The fraction of sp³-hybridized carbons (Fsp3) is 0.884. The number of carbonyl (C=O) groups is 3. The van der Waals surface area contributed by atoms with Gasteiger partial charge in [0.25, 0.3) is 0 Å². The molecule has 0 aromatic carbocycles. The van der Waals surface area contributed by atoms with Gasteiger partial charge in [0.05, 0.1) is 34.4 Å². The zero-order valence-corrected chi connectivity index (χ0v) is 34.1. The second kappa shape index (κ2) is 35.1. The number of hydrogen-bond acceptors (Lipinski definition) is 6. The number of rotatable bonds is 38. The Kier molecular flexibility index (Phi) is 33.8. The molecule has 2 atom stereocenters. The Hall–Kier alpha value is -1.93. The van der Waals surface area contributed by atoms with Crippen molar-refractivity contribution >= 4 is 17.9 Å². The highest BCUT2D eigenvalue weighted by molar-refractivity contribution is 5.72. The fourth-order valence-corrected chi connectivity index (χ4v) is 6.31. The molecule has 0 radical (unpaired) electrons. The maximum Gasteiger partial charge on any atom is 0.362 e. The molecule has 0 aromatic heterocycles. The van der Waals surface area contributed by atoms with Crippen LogP contribution in [0.1, 0.15) is 194 Å². The number of likely N-dealkylation sites (N-methyl/N-ethyl adjacent to an activating group) is 1. The Bertz CT molecular complexity index is 854. The molecular formula is C43H82NO7+. The van der Waals surface area contributed by atoms with Crippen LogP contribution in [-0.2, 0) is 28.6 Å². The van der Waals surface area contributed by atoms with Crippen LogP contribution < -0.4 is 0 Å². The summed E-state index contributed by atoms with van der Waals surface area (Å²) in [6.07, 6.45) is 35.3. The number of carbonyl (C=O) groups excluding carboxylic acids is 2. The van der Waals surface area contributed by atoms with Gasteiger partial charge in [0, 0.05) is 19.3 Å². The molecule has 0 aliphatic heterocycles. The van der Waals surface area contributed by atoms with Gasteiger partial charge in [-0.3, -0.25) is 9.59 Å². The van der Waals surface area contributed by atoms with E-state index in [0.29, 0.717) is 19.3 Å². The lowest BCUT2D eigenvalue weighted by atomic mass is 10.0. The van der Waals surface area contributed by atoms with E-state index in [1.807, 2.05) is 21.1 Å². The average Bonchev–Trinajstić information content (AvgIpc) is 3.08. The second-order valence-electron chi connectivity index (χ2n) is 15.6. The molecule has 8 heteroatoms. The van der Waals surface area contributed by atoms with E-state index in [1.54, 1.807) is 0 Å². The summed E-state index contributed by atoms with van der Waals surface area (Å²) in [5.41, 5.74) is 0. The highest BCUT2D eigenvalue weighted by Gasteiger charge is 2.31. The highest BCUT2D eigenvalue weighted by Crippen LogP contribution is 2.15. The number of unbranched alkanes of at least 4 members (excludes halogenated alkanes) is 22. The van der Waals surface area contributed by atoms with Gasteiger partial charge >= 0.3 is 17.9 Å². The summed E-state index contributed by atoms with van der Waals surface area (Å²) in [6.45, 7) is 4.70. The first-order valence-electron chi connectivity index (χ1n) is 21.2. The van der Waals surface area contributed by atoms with Gasteiger partial charge in [-0.1, -0.05) is 154 Å². The summed E-state index contributed by atoms with van der Waals surface area (Å²) < 4.78 is 17.2. The zero-order valence-electron chi connectivity index (χ0n) is 34.1. The van der Waals surface area contributed by atoms with E-state index >= 15 is 0 Å². The molecule has 2 unspecified atom stereocenters. The molecule has 1 N–H and O–H groups in total. The Morgan fingerprint density at radius 3 is 1.47 bits per heavy atom. The van der Waals surface area contributed by atoms with E-state index in [0.717, 1.165) is 51.4 Å². The van der Waals surface area contributed by atoms with Gasteiger partial charge in [-0.05, 0) is 32.1 Å². The molecule has 8 nitrogen and oxygen atoms in total. The van der Waals surface area contributed by atoms with Gasteiger partial charge in [0.15, 0.2) is 12.1 Å². The molecule has 0 aromatic rings. The number of aliphatic carboxylic acids is 1. The normalized spacial score (nSPS) is 13.0. The third-order valence-corrected chi connectivity index (χ3v) is 9.66. The fourth-order valence-electron chi connectivity index (χ4n) is 6.31. The molecule has 0 heterocycles. The number of hydrogen-bond donors (Lipinski definition) is 1. The number of allylic oxidation sites excluding steroid dienone is 2. The number of esters is 2. The molecule has 0 aliphatic carbocycles. The molecule has 0 spiro atoms. The Morgan fingerprint density at radius 1 is 0.569 bits per heavy atom. The van der Waals surface area contributed by atoms with Crippen LogP contribution in [0.25, 0.3) is 0 Å². The van der Waals surface area contributed by atoms with Crippen LogP contribution >= 0.6 is 0 Å². The van der Waals surface area contributed by atoms with Crippen LogP contribution in [-0.4, -0.2) is 80.6 Å². The Morgan fingerprint density at radius 2 is 1.00 bits per heavy atom. The summed E-state index contributed by atoms with van der Waals surface area (Å²) in [5, 5.41) is 9.59. The number of carboxylic acid groups (broad SMARTS) is 1. The maximum atomic E-state index is 12.7. The lowest BCUT2D eigenvalue weighted by Crippen LogP contribution is -2.50. The molecule has 300 valence electrons. The van der Waals surface area contributed by atoms with Crippen molar-refractivity contribution < 1.29 is 38.2 Å². The predicted octanol–water partition coefficient (Wildman–Crippen LogP) is 11.1. The van der Waals surface area contributed by atoms with E-state index in [2.05, 4.69) is 26.0 Å². The van der Waals surface area contributed by atoms with Crippen molar-refractivity contribution in [2.45, 2.75) is 206 Å². The predicted molar refractivity (Wildman–Crippen MR) is 211 cm³/mol. The third-order valence-electron chi connectivity index (χ3n) is 9.66. The van der Waals surface area contributed by atoms with Crippen LogP contribution in [0.4, 0.5) is 0 Å². The molecule has 0 amide bonds. The lowest BCUT2D eigenvalue weighted by Gasteiger charge is -2.31. The van der Waals surface area contributed by atoms with E-state index < -0.39 is 18.1 Å². The number of quaternary nitrogens is 1. The minimum atomic E-state index is -0.875. The van der Waals surface area contributed by atoms with E-state index in [9.17, 15) is 19.5 Å². The van der Waals surface area contributed by atoms with Crippen molar-refractivity contribution in [3.05, 3.63) is 12.2 Å². The van der Waals surface area contributed by atoms with Crippen molar-refractivity contribution in [3.63, 3.8) is 0 Å². The molecule has 0 fully saturated rings. The van der Waals surface area contributed by atoms with Gasteiger partial charge in [-0.2, -0.15) is 0 Å². The first kappa shape index (κ1) is 49.1. The number of nitrogens with zero attached hydrogens (tertiary/aromatic N) is 1. The summed E-state index contributed by atoms with van der Waals surface area (Å²) >= 11 is 0. The monoisotopic (exact) mass is 725 g/mol. The smallest absolute Gasteiger partial charge is 0.362 e. The van der Waals surface area contributed by atoms with E-state index in [4.69, 9.17) is 14.2 Å². The minimum Gasteiger partial charge on any atom is -0.477 e. The number of ether oxygens (including phenoxy) is 3. The average molecular weight is 725 g/mol. The lowest BCUT2D eigenvalue weighted by molar-refractivity contribution is -0.887. The van der Waals surface area contributed by atoms with Crippen LogP contribution in [0.15, 0.2) is 12.2 Å². The first-order valence-corrected chi connectivity index (χ1v) is 21.2.